The number of hydrogen-bond acceptors (Lipinski definition) is 3. The number of nitrogens with two attached hydrogens (primary N) is 1. The van der Waals surface area contributed by atoms with Gasteiger partial charge in [0.25, 0.3) is 0 Å². The molecule has 3 nitrogen and oxygen atoms in total. The van der Waals surface area contributed by atoms with Crippen molar-refractivity contribution in [3.63, 3.8) is 0 Å². The van der Waals surface area contributed by atoms with Crippen LogP contribution in [0.2, 0.25) is 5.02 Å². The van der Waals surface area contributed by atoms with Crippen LogP contribution in [-0.4, -0.2) is 5.97 Å². The Bertz CT molecular complexity index is 292. The Kier molecular flexibility index (Phi) is 2.68. The predicted molar refractivity (Wildman–Crippen MR) is 45.8 cm³/mol. The predicted octanol–water partition coefficient (Wildman–Crippen LogP) is 1.68. The summed E-state index contributed by atoms with van der Waals surface area (Å²) in [5, 5.41) is 0.496. The van der Waals surface area contributed by atoms with Gasteiger partial charge in [-0.3, -0.25) is 0 Å². The summed E-state index contributed by atoms with van der Waals surface area (Å²) in [6.07, 6.45) is 0. The third kappa shape index (κ3) is 1.96. The molecule has 0 spiro atoms. The fourth-order valence-electron chi connectivity index (χ4n) is 0.922. The van der Waals surface area contributed by atoms with Crippen molar-refractivity contribution in [1.29, 1.82) is 0 Å². The first kappa shape index (κ1) is 9.03. The van der Waals surface area contributed by atoms with Gasteiger partial charge in [-0.15, -0.1) is 0 Å². The second-order valence-corrected chi connectivity index (χ2v) is 2.86. The number of carbonyl (C=O) groups is 1. The van der Waals surface area contributed by atoms with Gasteiger partial charge in [0.15, 0.2) is 0 Å². The highest BCUT2D eigenvalue weighted by molar-refractivity contribution is 6.31. The van der Waals surface area contributed by atoms with Crippen molar-refractivity contribution < 1.29 is 9.63 Å². The molecule has 2 N–H and O–H groups in total. The van der Waals surface area contributed by atoms with Crippen LogP contribution < -0.4 is 5.90 Å². The van der Waals surface area contributed by atoms with Gasteiger partial charge in [-0.2, -0.15) is 5.90 Å². The Morgan fingerprint density at radius 1 is 1.50 bits per heavy atom. The largest absolute Gasteiger partial charge is 0.370 e. The van der Waals surface area contributed by atoms with Crippen LogP contribution >= 0.6 is 11.6 Å². The molecule has 64 valence electrons. The molecular formula is C8H8ClNO2. The van der Waals surface area contributed by atoms with Gasteiger partial charge in [-0.25, -0.2) is 4.79 Å². The van der Waals surface area contributed by atoms with E-state index in [1.165, 1.54) is 6.07 Å². The van der Waals surface area contributed by atoms with Crippen molar-refractivity contribution in [3.8, 4) is 0 Å². The minimum atomic E-state index is -0.583. The fraction of sp³-hybridized carbons (Fsp3) is 0.125. The molecule has 0 aliphatic carbocycles. The molecule has 1 aromatic rings. The van der Waals surface area contributed by atoms with Gasteiger partial charge in [0.2, 0.25) is 0 Å². The van der Waals surface area contributed by atoms with E-state index < -0.39 is 5.97 Å². The molecule has 0 fully saturated rings. The number of hydrogen-bond donors (Lipinski definition) is 1. The van der Waals surface area contributed by atoms with Crippen molar-refractivity contribution in [2.24, 2.45) is 5.90 Å². The van der Waals surface area contributed by atoms with Crippen LogP contribution in [0.15, 0.2) is 18.2 Å². The van der Waals surface area contributed by atoms with Crippen LogP contribution in [0, 0.1) is 6.92 Å². The zero-order valence-corrected chi connectivity index (χ0v) is 7.26. The van der Waals surface area contributed by atoms with Crippen LogP contribution in [0.4, 0.5) is 0 Å². The molecule has 0 bridgehead atoms. The first-order chi connectivity index (χ1) is 5.63. The molecule has 0 aliphatic heterocycles. The van der Waals surface area contributed by atoms with Crippen molar-refractivity contribution >= 4 is 17.6 Å². The van der Waals surface area contributed by atoms with E-state index >= 15 is 0 Å². The molecule has 0 unspecified atom stereocenters. The van der Waals surface area contributed by atoms with Crippen molar-refractivity contribution in [2.45, 2.75) is 6.92 Å². The van der Waals surface area contributed by atoms with E-state index in [0.717, 1.165) is 5.56 Å². The lowest BCUT2D eigenvalue weighted by molar-refractivity contribution is 0.0503. The van der Waals surface area contributed by atoms with Gasteiger partial charge < -0.3 is 4.84 Å². The number of rotatable bonds is 1. The normalized spacial score (nSPS) is 9.58. The molecule has 0 amide bonds. The van der Waals surface area contributed by atoms with Gasteiger partial charge in [0, 0.05) is 5.02 Å². The molecule has 0 saturated heterocycles. The third-order valence-electron chi connectivity index (χ3n) is 1.38. The number of halogens is 1. The third-order valence-corrected chi connectivity index (χ3v) is 1.60. The SMILES string of the molecule is Cc1cc(Cl)cc(C(=O)ON)c1. The summed E-state index contributed by atoms with van der Waals surface area (Å²) in [4.78, 5) is 15.0. The monoisotopic (exact) mass is 185 g/mol. The number of benzene rings is 1. The molecule has 0 aliphatic rings. The lowest BCUT2D eigenvalue weighted by Crippen LogP contribution is -2.10. The maximum Gasteiger partial charge on any atom is 0.356 e. The van der Waals surface area contributed by atoms with E-state index in [-0.39, 0.29) is 0 Å². The van der Waals surface area contributed by atoms with Gasteiger partial charge in [-0.1, -0.05) is 11.6 Å². The van der Waals surface area contributed by atoms with E-state index in [9.17, 15) is 4.79 Å². The summed E-state index contributed by atoms with van der Waals surface area (Å²) in [7, 11) is 0. The van der Waals surface area contributed by atoms with Crippen molar-refractivity contribution in [1.82, 2.24) is 0 Å². The summed E-state index contributed by atoms with van der Waals surface area (Å²) >= 11 is 5.70. The Hall–Kier alpha value is -1.06. The van der Waals surface area contributed by atoms with Crippen molar-refractivity contribution in [2.75, 3.05) is 0 Å². The molecule has 12 heavy (non-hydrogen) atoms. The summed E-state index contributed by atoms with van der Waals surface area (Å²) in [5.41, 5.74) is 1.26. The maximum atomic E-state index is 10.9. The zero-order chi connectivity index (χ0) is 9.14. The Balaban J connectivity index is 3.08. The summed E-state index contributed by atoms with van der Waals surface area (Å²) in [6.45, 7) is 1.83. The second kappa shape index (κ2) is 3.56. The lowest BCUT2D eigenvalue weighted by atomic mass is 10.1. The second-order valence-electron chi connectivity index (χ2n) is 2.42. The maximum absolute atomic E-state index is 10.9. The zero-order valence-electron chi connectivity index (χ0n) is 6.50. The van der Waals surface area contributed by atoms with Crippen molar-refractivity contribution in [3.05, 3.63) is 34.3 Å². The Morgan fingerprint density at radius 2 is 2.17 bits per heavy atom. The van der Waals surface area contributed by atoms with Crippen LogP contribution in [0.3, 0.4) is 0 Å². The average Bonchev–Trinajstić information content (AvgIpc) is 2.01. The summed E-state index contributed by atoms with van der Waals surface area (Å²) in [6, 6.07) is 4.90. The van der Waals surface area contributed by atoms with E-state index in [1.807, 2.05) is 6.92 Å². The quantitative estimate of drug-likeness (QED) is 0.678. The minimum absolute atomic E-state index is 0.363. The van der Waals surface area contributed by atoms with E-state index in [2.05, 4.69) is 4.84 Å². The van der Waals surface area contributed by atoms with Gasteiger partial charge in [0.05, 0.1) is 5.56 Å². The van der Waals surface area contributed by atoms with Crippen LogP contribution in [0.1, 0.15) is 15.9 Å². The van der Waals surface area contributed by atoms with Gasteiger partial charge in [-0.05, 0) is 30.7 Å². The molecule has 0 radical (unpaired) electrons. The molecule has 4 heteroatoms. The molecule has 1 aromatic carbocycles. The van der Waals surface area contributed by atoms with E-state index in [4.69, 9.17) is 17.5 Å². The highest BCUT2D eigenvalue weighted by Gasteiger charge is 2.06. The molecule has 0 atom stereocenters. The highest BCUT2D eigenvalue weighted by Crippen LogP contribution is 2.14. The van der Waals surface area contributed by atoms with E-state index in [0.29, 0.717) is 10.6 Å². The summed E-state index contributed by atoms with van der Waals surface area (Å²) < 4.78 is 0. The summed E-state index contributed by atoms with van der Waals surface area (Å²) in [5.74, 6) is 4.13. The minimum Gasteiger partial charge on any atom is -0.370 e. The smallest absolute Gasteiger partial charge is 0.356 e. The standard InChI is InChI=1S/C8H8ClNO2/c1-5-2-6(8(11)12-10)4-7(9)3-5/h2-4H,10H2,1H3. The van der Waals surface area contributed by atoms with Crippen LogP contribution in [0.5, 0.6) is 0 Å². The van der Waals surface area contributed by atoms with Gasteiger partial charge >= 0.3 is 5.97 Å². The Morgan fingerprint density at radius 3 is 2.67 bits per heavy atom. The van der Waals surface area contributed by atoms with Crippen LogP contribution in [-0.2, 0) is 4.84 Å². The molecule has 0 saturated carbocycles. The van der Waals surface area contributed by atoms with E-state index in [1.54, 1.807) is 12.1 Å². The number of carbonyl (C=O) groups excluding carboxylic acids is 1. The van der Waals surface area contributed by atoms with Gasteiger partial charge in [0.1, 0.15) is 0 Å². The highest BCUT2D eigenvalue weighted by atomic mass is 35.5. The fourth-order valence-corrected chi connectivity index (χ4v) is 1.21. The molecular weight excluding hydrogens is 178 g/mol. The first-order valence-electron chi connectivity index (χ1n) is 3.31. The molecule has 1 rings (SSSR count). The van der Waals surface area contributed by atoms with Crippen LogP contribution in [0.25, 0.3) is 0 Å². The molecule has 0 heterocycles. The Labute approximate surface area is 75.0 Å². The molecule has 0 aromatic heterocycles. The topological polar surface area (TPSA) is 52.3 Å². The lowest BCUT2D eigenvalue weighted by Gasteiger charge is -2.00. The number of aryl methyl sites for hydroxylation is 1. The average molecular weight is 186 g/mol. The first-order valence-corrected chi connectivity index (χ1v) is 3.69.